The molecule has 6 rings (SSSR count). The molecule has 2 aliphatic carbocycles. The second-order valence-electron chi connectivity index (χ2n) is 16.9. The average molecular weight is 829 g/mol. The van der Waals surface area contributed by atoms with E-state index in [1.165, 1.54) is 115 Å². The first-order valence-electron chi connectivity index (χ1n) is 21.9. The maximum absolute atomic E-state index is 14.7. The van der Waals surface area contributed by atoms with Crippen LogP contribution in [0.5, 0.6) is 0 Å². The van der Waals surface area contributed by atoms with Crippen LogP contribution in [0.4, 0.5) is 35.1 Å². The summed E-state index contributed by atoms with van der Waals surface area (Å²) in [4.78, 5) is 6.86. The third-order valence-corrected chi connectivity index (χ3v) is 12.6. The zero-order valence-corrected chi connectivity index (χ0v) is 34.6. The van der Waals surface area contributed by atoms with Crippen molar-refractivity contribution in [3.8, 4) is 22.3 Å². The standard InChI is InChI=1S/C25H31F4N.C24H29F4N/c1-2-3-4-5-18-6-8-19(9-7-18)10-11-20-12-14-22(23(26)16-20)21-13-15-24(30-17-21)25(27,28)29;1-2-3-4-5-6-17-7-9-18(10-8-17)19-11-13-21(22(25)15-19)20-12-14-23(29-16-20)24(26,27)28/h12-19H,2-11H2,1H3;11-18H,2-10H2,1H3/t18-,19-;17-,18-. The highest BCUT2D eigenvalue weighted by Crippen LogP contribution is 2.40. The fourth-order valence-corrected chi connectivity index (χ4v) is 8.92. The Labute approximate surface area is 345 Å². The molecule has 0 unspecified atom stereocenters. The van der Waals surface area contributed by atoms with E-state index in [1.807, 2.05) is 12.1 Å². The quantitative estimate of drug-likeness (QED) is 0.0881. The highest BCUT2D eigenvalue weighted by atomic mass is 19.4. The number of alkyl halides is 6. The molecule has 0 radical (unpaired) electrons. The van der Waals surface area contributed by atoms with Gasteiger partial charge in [0.2, 0.25) is 0 Å². The van der Waals surface area contributed by atoms with Crippen LogP contribution in [0.15, 0.2) is 73.1 Å². The van der Waals surface area contributed by atoms with Gasteiger partial charge in [-0.1, -0.05) is 134 Å². The average Bonchev–Trinajstić information content (AvgIpc) is 3.22. The van der Waals surface area contributed by atoms with Gasteiger partial charge in [-0.3, -0.25) is 9.97 Å². The van der Waals surface area contributed by atoms with Gasteiger partial charge in [0.05, 0.1) is 0 Å². The van der Waals surface area contributed by atoms with Crippen LogP contribution in [0.3, 0.4) is 0 Å². The molecule has 322 valence electrons. The third-order valence-electron chi connectivity index (χ3n) is 12.6. The SMILES string of the molecule is CCCCCC[C@H]1CC[C@H](c2ccc(-c3ccc(C(F)(F)F)nc3)c(F)c2)CC1.CCCCC[C@H]1CC[C@H](CCc2ccc(-c3ccc(C(F)(F)F)nc3)c(F)c2)CC1. The highest BCUT2D eigenvalue weighted by Gasteiger charge is 2.33. The molecule has 10 heteroatoms. The van der Waals surface area contributed by atoms with Gasteiger partial charge >= 0.3 is 12.4 Å². The molecule has 2 aromatic heterocycles. The largest absolute Gasteiger partial charge is 0.433 e. The van der Waals surface area contributed by atoms with Crippen molar-refractivity contribution in [1.29, 1.82) is 0 Å². The van der Waals surface area contributed by atoms with Gasteiger partial charge in [0.25, 0.3) is 0 Å². The summed E-state index contributed by atoms with van der Waals surface area (Å²) in [7, 11) is 0. The zero-order valence-electron chi connectivity index (χ0n) is 34.6. The molecule has 2 nitrogen and oxygen atoms in total. The molecule has 2 aliphatic rings. The molecule has 0 saturated heterocycles. The van der Waals surface area contributed by atoms with Crippen molar-refractivity contribution < 1.29 is 35.1 Å². The lowest BCUT2D eigenvalue weighted by molar-refractivity contribution is -0.141. The minimum atomic E-state index is -4.49. The molecule has 0 spiro atoms. The van der Waals surface area contributed by atoms with Crippen LogP contribution in [0, 0.1) is 29.4 Å². The highest BCUT2D eigenvalue weighted by molar-refractivity contribution is 5.64. The third kappa shape index (κ3) is 14.1. The maximum atomic E-state index is 14.7. The Hall–Kier alpha value is -3.82. The maximum Gasteiger partial charge on any atom is 0.433 e. The predicted molar refractivity (Wildman–Crippen MR) is 221 cm³/mol. The number of benzene rings is 2. The minimum absolute atomic E-state index is 0.285. The molecule has 2 heterocycles. The Bertz CT molecular complexity index is 1840. The first kappa shape index (κ1) is 46.2. The molecule has 0 atom stereocenters. The molecule has 4 aromatic rings. The fraction of sp³-hybridized carbons (Fsp3) is 0.551. The van der Waals surface area contributed by atoms with Gasteiger partial charge in [0.15, 0.2) is 0 Å². The van der Waals surface area contributed by atoms with Gasteiger partial charge < -0.3 is 0 Å². The number of hydrogen-bond acceptors (Lipinski definition) is 2. The first-order valence-corrected chi connectivity index (χ1v) is 21.9. The number of unbranched alkanes of at least 4 members (excludes halogenated alkanes) is 5. The van der Waals surface area contributed by atoms with E-state index in [0.29, 0.717) is 28.5 Å². The summed E-state index contributed by atoms with van der Waals surface area (Å²) in [5, 5.41) is 0. The van der Waals surface area contributed by atoms with E-state index in [1.54, 1.807) is 18.2 Å². The Balaban J connectivity index is 0.000000224. The molecular weight excluding hydrogens is 769 g/mol. The summed E-state index contributed by atoms with van der Waals surface area (Å²) in [6.45, 7) is 4.47. The lowest BCUT2D eigenvalue weighted by Gasteiger charge is -2.29. The number of hydrogen-bond donors (Lipinski definition) is 0. The van der Waals surface area contributed by atoms with Crippen LogP contribution in [-0.2, 0) is 18.8 Å². The van der Waals surface area contributed by atoms with E-state index in [-0.39, 0.29) is 5.56 Å². The summed E-state index contributed by atoms with van der Waals surface area (Å²) < 4.78 is 105. The van der Waals surface area contributed by atoms with Gasteiger partial charge in [-0.25, -0.2) is 8.78 Å². The molecule has 0 amide bonds. The van der Waals surface area contributed by atoms with Crippen LogP contribution < -0.4 is 0 Å². The lowest BCUT2D eigenvalue weighted by atomic mass is 9.77. The van der Waals surface area contributed by atoms with Gasteiger partial charge in [0, 0.05) is 34.6 Å². The van der Waals surface area contributed by atoms with Crippen molar-refractivity contribution in [3.63, 3.8) is 0 Å². The fourth-order valence-electron chi connectivity index (χ4n) is 8.92. The molecule has 0 aliphatic heterocycles. The molecule has 2 saturated carbocycles. The number of pyridine rings is 2. The summed E-state index contributed by atoms with van der Waals surface area (Å²) in [6, 6.07) is 14.5. The van der Waals surface area contributed by atoms with E-state index in [0.717, 1.165) is 73.2 Å². The Morgan fingerprint density at radius 1 is 0.508 bits per heavy atom. The van der Waals surface area contributed by atoms with E-state index in [2.05, 4.69) is 23.8 Å². The monoisotopic (exact) mass is 828 g/mol. The number of halogens is 8. The van der Waals surface area contributed by atoms with Crippen LogP contribution >= 0.6 is 0 Å². The molecular formula is C49H60F8N2. The van der Waals surface area contributed by atoms with Gasteiger partial charge in [-0.05, 0) is 97.6 Å². The van der Waals surface area contributed by atoms with Crippen molar-refractivity contribution in [2.75, 3.05) is 0 Å². The second kappa shape index (κ2) is 22.1. The van der Waals surface area contributed by atoms with E-state index < -0.39 is 35.4 Å². The summed E-state index contributed by atoms with van der Waals surface area (Å²) in [5.41, 5.74) is 1.29. The minimum Gasteiger partial charge on any atom is -0.251 e. The van der Waals surface area contributed by atoms with Gasteiger partial charge in [-0.15, -0.1) is 0 Å². The Kier molecular flexibility index (Phi) is 17.4. The summed E-state index contributed by atoms with van der Waals surface area (Å²) in [6.07, 6.45) is 16.7. The number of aryl methyl sites for hydroxylation is 1. The molecule has 0 bridgehead atoms. The number of nitrogens with zero attached hydrogens (tertiary/aromatic N) is 2. The van der Waals surface area contributed by atoms with E-state index >= 15 is 0 Å². The first-order chi connectivity index (χ1) is 28.2. The molecule has 0 N–H and O–H groups in total. The normalized spacial score (nSPS) is 19.9. The Morgan fingerprint density at radius 3 is 1.42 bits per heavy atom. The zero-order chi connectivity index (χ0) is 42.4. The molecule has 2 fully saturated rings. The number of aromatic nitrogens is 2. The predicted octanol–water partition coefficient (Wildman–Crippen LogP) is 16.4. The smallest absolute Gasteiger partial charge is 0.251 e. The van der Waals surface area contributed by atoms with Gasteiger partial charge in [0.1, 0.15) is 23.0 Å². The van der Waals surface area contributed by atoms with Crippen LogP contribution in [0.1, 0.15) is 158 Å². The molecule has 59 heavy (non-hydrogen) atoms. The molecule has 2 aromatic carbocycles. The van der Waals surface area contributed by atoms with Crippen molar-refractivity contribution in [2.24, 2.45) is 17.8 Å². The van der Waals surface area contributed by atoms with E-state index in [9.17, 15) is 35.1 Å². The number of rotatable bonds is 15. The van der Waals surface area contributed by atoms with Gasteiger partial charge in [-0.2, -0.15) is 26.3 Å². The van der Waals surface area contributed by atoms with Crippen molar-refractivity contribution in [3.05, 3.63) is 107 Å². The lowest BCUT2D eigenvalue weighted by Crippen LogP contribution is -2.15. The summed E-state index contributed by atoms with van der Waals surface area (Å²) >= 11 is 0. The topological polar surface area (TPSA) is 25.8 Å². The van der Waals surface area contributed by atoms with Crippen molar-refractivity contribution >= 4 is 0 Å². The summed E-state index contributed by atoms with van der Waals surface area (Å²) in [5.74, 6) is 1.97. The van der Waals surface area contributed by atoms with Crippen molar-refractivity contribution in [1.82, 2.24) is 9.97 Å². The van der Waals surface area contributed by atoms with Crippen molar-refractivity contribution in [2.45, 2.75) is 154 Å². The van der Waals surface area contributed by atoms with Crippen LogP contribution in [0.25, 0.3) is 22.3 Å². The van der Waals surface area contributed by atoms with Crippen LogP contribution in [-0.4, -0.2) is 9.97 Å². The Morgan fingerprint density at radius 2 is 0.966 bits per heavy atom. The van der Waals surface area contributed by atoms with E-state index in [4.69, 9.17) is 0 Å². The van der Waals surface area contributed by atoms with Crippen LogP contribution in [0.2, 0.25) is 0 Å². The second-order valence-corrected chi connectivity index (χ2v) is 16.9.